The number of pyridine rings is 1. The highest BCUT2D eigenvalue weighted by Gasteiger charge is 2.21. The van der Waals surface area contributed by atoms with E-state index in [1.54, 1.807) is 28.0 Å². The molecule has 0 bridgehead atoms. The Bertz CT molecular complexity index is 1160. The third kappa shape index (κ3) is 3.49. The number of nitrogens with zero attached hydrogens (tertiary/aromatic N) is 7. The van der Waals surface area contributed by atoms with Crippen LogP contribution in [0.15, 0.2) is 30.9 Å². The first kappa shape index (κ1) is 19.2. The maximum atomic E-state index is 11.6. The van der Waals surface area contributed by atoms with Crippen LogP contribution in [-0.4, -0.2) is 63.2 Å². The molecule has 1 amide bonds. The van der Waals surface area contributed by atoms with Gasteiger partial charge in [0.15, 0.2) is 0 Å². The van der Waals surface area contributed by atoms with Gasteiger partial charge in [0, 0.05) is 31.7 Å². The lowest BCUT2D eigenvalue weighted by Crippen LogP contribution is -2.48. The number of amides is 1. The number of rotatable bonds is 4. The molecule has 4 heterocycles. The zero-order valence-electron chi connectivity index (χ0n) is 16.4. The Morgan fingerprint density at radius 1 is 1.23 bits per heavy atom. The van der Waals surface area contributed by atoms with Crippen molar-refractivity contribution in [2.75, 3.05) is 37.7 Å². The van der Waals surface area contributed by atoms with Crippen molar-refractivity contribution in [2.45, 2.75) is 6.92 Å². The summed E-state index contributed by atoms with van der Waals surface area (Å²) in [6.45, 7) is 4.77. The first-order valence-electron chi connectivity index (χ1n) is 9.51. The molecule has 4 rings (SSSR count). The standard InChI is InChI=1S/C21H19N7O2/c1-3-20(29)27-7-5-26(6-8-27)19-13-23-18(12-24-19)17-9-16(30-4-2)14-28-21(17)15(10-22)11-25-28/h1,9,11-14H,4-8H2,2H3. The number of carbonyl (C=O) groups is 1. The molecule has 9 nitrogen and oxygen atoms in total. The summed E-state index contributed by atoms with van der Waals surface area (Å²) in [5, 5.41) is 13.7. The van der Waals surface area contributed by atoms with E-state index in [1.807, 2.05) is 13.0 Å². The van der Waals surface area contributed by atoms with E-state index in [9.17, 15) is 10.1 Å². The minimum atomic E-state index is -0.289. The van der Waals surface area contributed by atoms with Crippen LogP contribution in [0.1, 0.15) is 12.5 Å². The van der Waals surface area contributed by atoms with Crippen LogP contribution >= 0.6 is 0 Å². The molecular weight excluding hydrogens is 382 g/mol. The first-order valence-corrected chi connectivity index (χ1v) is 9.51. The molecule has 1 fully saturated rings. The Kier molecular flexibility index (Phi) is 5.19. The Morgan fingerprint density at radius 2 is 2.03 bits per heavy atom. The molecule has 1 aliphatic heterocycles. The number of piperazine rings is 1. The largest absolute Gasteiger partial charge is 0.492 e. The molecule has 9 heteroatoms. The summed E-state index contributed by atoms with van der Waals surface area (Å²) < 4.78 is 7.25. The monoisotopic (exact) mass is 401 g/mol. The van der Waals surface area contributed by atoms with Gasteiger partial charge in [0.05, 0.1) is 48.2 Å². The molecule has 30 heavy (non-hydrogen) atoms. The van der Waals surface area contributed by atoms with Gasteiger partial charge in [0.1, 0.15) is 17.6 Å². The summed E-state index contributed by atoms with van der Waals surface area (Å²) in [4.78, 5) is 24.5. The van der Waals surface area contributed by atoms with Gasteiger partial charge in [0.2, 0.25) is 0 Å². The van der Waals surface area contributed by atoms with Gasteiger partial charge in [-0.2, -0.15) is 10.4 Å². The van der Waals surface area contributed by atoms with Crippen molar-refractivity contribution in [1.82, 2.24) is 24.5 Å². The van der Waals surface area contributed by atoms with Crippen molar-refractivity contribution < 1.29 is 9.53 Å². The normalized spacial score (nSPS) is 13.7. The molecule has 0 saturated carbocycles. The van der Waals surface area contributed by atoms with Crippen LogP contribution in [-0.2, 0) is 4.79 Å². The highest BCUT2D eigenvalue weighted by Crippen LogP contribution is 2.30. The maximum absolute atomic E-state index is 11.6. The molecule has 0 spiro atoms. The third-order valence-corrected chi connectivity index (χ3v) is 4.95. The molecule has 0 unspecified atom stereocenters. The van der Waals surface area contributed by atoms with Crippen molar-refractivity contribution in [2.24, 2.45) is 0 Å². The van der Waals surface area contributed by atoms with Gasteiger partial charge >= 0.3 is 0 Å². The van der Waals surface area contributed by atoms with Crippen LogP contribution in [0.25, 0.3) is 16.8 Å². The zero-order valence-corrected chi connectivity index (χ0v) is 16.4. The van der Waals surface area contributed by atoms with Crippen LogP contribution in [0.4, 0.5) is 5.82 Å². The molecular formula is C21H19N7O2. The molecule has 0 aliphatic carbocycles. The fourth-order valence-corrected chi connectivity index (χ4v) is 3.47. The summed E-state index contributed by atoms with van der Waals surface area (Å²) in [6.07, 6.45) is 11.8. The number of fused-ring (bicyclic) bond motifs is 1. The van der Waals surface area contributed by atoms with Gasteiger partial charge in [-0.1, -0.05) is 0 Å². The number of hydrogen-bond donors (Lipinski definition) is 0. The second-order valence-corrected chi connectivity index (χ2v) is 6.67. The van der Waals surface area contributed by atoms with E-state index in [0.717, 1.165) is 11.4 Å². The van der Waals surface area contributed by atoms with Crippen LogP contribution in [0.5, 0.6) is 5.75 Å². The molecule has 3 aromatic heterocycles. The highest BCUT2D eigenvalue weighted by atomic mass is 16.5. The van der Waals surface area contributed by atoms with E-state index >= 15 is 0 Å². The van der Waals surface area contributed by atoms with Crippen molar-refractivity contribution in [1.29, 1.82) is 5.26 Å². The topological polar surface area (TPSA) is 99.6 Å². The molecule has 0 atom stereocenters. The van der Waals surface area contributed by atoms with Crippen molar-refractivity contribution in [3.8, 4) is 35.4 Å². The maximum Gasteiger partial charge on any atom is 0.298 e. The van der Waals surface area contributed by atoms with Gasteiger partial charge in [-0.15, -0.1) is 6.42 Å². The van der Waals surface area contributed by atoms with Gasteiger partial charge in [-0.25, -0.2) is 9.50 Å². The van der Waals surface area contributed by atoms with E-state index < -0.39 is 0 Å². The summed E-state index contributed by atoms with van der Waals surface area (Å²) in [5.41, 5.74) is 2.44. The Morgan fingerprint density at radius 3 is 2.67 bits per heavy atom. The van der Waals surface area contributed by atoms with Crippen LogP contribution in [0.2, 0.25) is 0 Å². The quantitative estimate of drug-likeness (QED) is 0.608. The number of ether oxygens (including phenoxy) is 1. The minimum Gasteiger partial charge on any atom is -0.492 e. The molecule has 0 aromatic carbocycles. The average molecular weight is 401 g/mol. The van der Waals surface area contributed by atoms with Gasteiger partial charge in [-0.05, 0) is 18.9 Å². The van der Waals surface area contributed by atoms with Crippen LogP contribution in [0.3, 0.4) is 0 Å². The van der Waals surface area contributed by atoms with Gasteiger partial charge in [0.25, 0.3) is 5.91 Å². The Hall–Kier alpha value is -4.11. The lowest BCUT2D eigenvalue weighted by molar-refractivity contribution is -0.125. The second kappa shape index (κ2) is 8.10. The van der Waals surface area contributed by atoms with E-state index in [2.05, 4.69) is 32.0 Å². The van der Waals surface area contributed by atoms with Gasteiger partial charge < -0.3 is 14.5 Å². The molecule has 0 N–H and O–H groups in total. The molecule has 0 radical (unpaired) electrons. The van der Waals surface area contributed by atoms with Crippen LogP contribution < -0.4 is 9.64 Å². The first-order chi connectivity index (χ1) is 14.6. The zero-order chi connectivity index (χ0) is 21.1. The summed E-state index contributed by atoms with van der Waals surface area (Å²) in [5.74, 6) is 3.21. The van der Waals surface area contributed by atoms with Crippen molar-refractivity contribution in [3.05, 3.63) is 36.4 Å². The number of aromatic nitrogens is 4. The van der Waals surface area contributed by atoms with Crippen molar-refractivity contribution >= 4 is 17.2 Å². The molecule has 3 aromatic rings. The fourth-order valence-electron chi connectivity index (χ4n) is 3.47. The molecule has 1 saturated heterocycles. The smallest absolute Gasteiger partial charge is 0.298 e. The number of hydrogen-bond acceptors (Lipinski definition) is 7. The number of anilines is 1. The van der Waals surface area contributed by atoms with E-state index in [-0.39, 0.29) is 5.91 Å². The summed E-state index contributed by atoms with van der Waals surface area (Å²) in [6, 6.07) is 4.01. The third-order valence-electron chi connectivity index (χ3n) is 4.95. The molecule has 150 valence electrons. The second-order valence-electron chi connectivity index (χ2n) is 6.67. The molecule has 1 aliphatic rings. The number of terminal acetylenes is 1. The predicted octanol–water partition coefficient (Wildman–Crippen LogP) is 1.34. The van der Waals surface area contributed by atoms with E-state index in [1.165, 1.54) is 6.20 Å². The minimum absolute atomic E-state index is 0.289. The lowest BCUT2D eigenvalue weighted by atomic mass is 10.1. The summed E-state index contributed by atoms with van der Waals surface area (Å²) in [7, 11) is 0. The average Bonchev–Trinajstić information content (AvgIpc) is 3.21. The van der Waals surface area contributed by atoms with E-state index in [4.69, 9.17) is 11.2 Å². The lowest BCUT2D eigenvalue weighted by Gasteiger charge is -2.34. The van der Waals surface area contributed by atoms with Crippen molar-refractivity contribution in [3.63, 3.8) is 0 Å². The summed E-state index contributed by atoms with van der Waals surface area (Å²) >= 11 is 0. The van der Waals surface area contributed by atoms with Crippen LogP contribution in [0, 0.1) is 23.7 Å². The highest BCUT2D eigenvalue weighted by molar-refractivity contribution is 5.93. The Labute approximate surface area is 173 Å². The van der Waals surface area contributed by atoms with E-state index in [0.29, 0.717) is 55.3 Å². The Balaban J connectivity index is 1.63. The fraction of sp³-hybridized carbons (Fsp3) is 0.286. The van der Waals surface area contributed by atoms with Gasteiger partial charge in [-0.3, -0.25) is 9.78 Å². The predicted molar refractivity (Wildman–Crippen MR) is 110 cm³/mol. The number of nitriles is 1. The SMILES string of the molecule is C#CC(=O)N1CCN(c2cnc(-c3cc(OCC)cn4ncc(C#N)c34)cn2)CC1. The number of carbonyl (C=O) groups excluding carboxylic acids is 1.